The van der Waals surface area contributed by atoms with Crippen LogP contribution in [0.15, 0.2) is 0 Å². The Balaban J connectivity index is -0.0000000267. The molecule has 0 aliphatic heterocycles. The van der Waals surface area contributed by atoms with E-state index in [2.05, 4.69) is 24.5 Å². The molecule has 0 radical (unpaired) electrons. The Morgan fingerprint density at radius 3 is 1.00 bits per heavy atom. The van der Waals surface area contributed by atoms with Gasteiger partial charge in [-0.2, -0.15) is 14.1 Å². The van der Waals surface area contributed by atoms with E-state index in [9.17, 15) is 0 Å². The van der Waals surface area contributed by atoms with Crippen molar-refractivity contribution in [3.63, 3.8) is 0 Å². The van der Waals surface area contributed by atoms with Gasteiger partial charge in [-0.25, -0.2) is 0 Å². The summed E-state index contributed by atoms with van der Waals surface area (Å²) in [5.41, 5.74) is 0. The first-order valence-corrected chi connectivity index (χ1v) is 3.94. The fraction of sp³-hybridized carbons (Fsp3) is 1.00. The van der Waals surface area contributed by atoms with Crippen molar-refractivity contribution in [1.82, 2.24) is 0 Å². The van der Waals surface area contributed by atoms with Gasteiger partial charge in [0.05, 0.1) is 0 Å². The Morgan fingerprint density at radius 2 is 1.00 bits per heavy atom. The number of hydrogen-bond donors (Lipinski definition) is 0. The summed E-state index contributed by atoms with van der Waals surface area (Å²) in [6, 6.07) is 0. The van der Waals surface area contributed by atoms with Crippen molar-refractivity contribution in [2.45, 2.75) is 26.7 Å². The van der Waals surface area contributed by atoms with E-state index >= 15 is 0 Å². The fourth-order valence-corrected chi connectivity index (χ4v) is 0.447. The molecule has 0 saturated carbocycles. The minimum atomic E-state index is 0. The van der Waals surface area contributed by atoms with Crippen LogP contribution in [0.2, 0.25) is 0 Å². The van der Waals surface area contributed by atoms with Gasteiger partial charge in [-0.05, 0) is 0 Å². The maximum Gasteiger partial charge on any atom is 4.00 e. The Kier molecular flexibility index (Phi) is 84.0. The normalized spacial score (nSPS) is 6.46. The van der Waals surface area contributed by atoms with Crippen LogP contribution < -0.4 is 34.0 Å². The van der Waals surface area contributed by atoms with E-state index in [1.54, 1.807) is 0 Å². The van der Waals surface area contributed by atoms with Gasteiger partial charge in [0, 0.05) is 0 Å². The average Bonchev–Trinajstić information content (AvgIpc) is 1.93. The largest absolute Gasteiger partial charge is 4.00 e. The molecular formula is C8H20Br2N2Zr. The summed E-state index contributed by atoms with van der Waals surface area (Å²) >= 11 is 0. The first-order valence-electron chi connectivity index (χ1n) is 3.94. The first-order chi connectivity index (χ1) is 4.83. The molecule has 0 aliphatic rings. The number of rotatable bonds is 4. The molecule has 0 atom stereocenters. The van der Waals surface area contributed by atoms with Gasteiger partial charge < -0.3 is 44.6 Å². The molecule has 80 valence electrons. The number of nitrogens with zero attached hydrogens (tertiary/aromatic N) is 2. The van der Waals surface area contributed by atoms with Crippen molar-refractivity contribution < 1.29 is 60.2 Å². The minimum absolute atomic E-state index is 0. The van der Waals surface area contributed by atoms with E-state index in [-0.39, 0.29) is 60.2 Å². The summed E-state index contributed by atoms with van der Waals surface area (Å²) in [5, 5.41) is 7.71. The molecule has 0 bridgehead atoms. The molecule has 0 unspecified atom stereocenters. The van der Waals surface area contributed by atoms with Gasteiger partial charge in [0.1, 0.15) is 0 Å². The van der Waals surface area contributed by atoms with Gasteiger partial charge >= 0.3 is 26.2 Å². The van der Waals surface area contributed by atoms with Crippen LogP contribution in [0.1, 0.15) is 26.7 Å². The van der Waals surface area contributed by atoms with Crippen LogP contribution in [0, 0.1) is 0 Å². The fourth-order valence-electron chi connectivity index (χ4n) is 0.447. The monoisotopic (exact) mass is 392 g/mol. The van der Waals surface area contributed by atoms with Crippen LogP contribution in [0.5, 0.6) is 0 Å². The van der Waals surface area contributed by atoms with E-state index < -0.39 is 0 Å². The van der Waals surface area contributed by atoms with Crippen LogP contribution in [0.4, 0.5) is 0 Å². The van der Waals surface area contributed by atoms with Crippen LogP contribution in [0.25, 0.3) is 10.6 Å². The van der Waals surface area contributed by atoms with Crippen LogP contribution in [-0.4, -0.2) is 27.2 Å². The zero-order chi connectivity index (χ0) is 8.24. The molecule has 0 spiro atoms. The third-order valence-corrected chi connectivity index (χ3v) is 0.894. The molecule has 0 saturated heterocycles. The second-order valence-electron chi connectivity index (χ2n) is 2.08. The molecule has 0 fully saturated rings. The number of halogens is 2. The maximum absolute atomic E-state index is 3.85. The van der Waals surface area contributed by atoms with Gasteiger partial charge in [0.15, 0.2) is 0 Å². The molecule has 0 aromatic carbocycles. The van der Waals surface area contributed by atoms with Crippen molar-refractivity contribution >= 4 is 0 Å². The molecule has 0 aromatic rings. The molecule has 0 aromatic heterocycles. The SMILES string of the molecule is CCC[N-]C.CCC[N-]C.[Br-].[Br-].[Zr+4]. The number of hydrogen-bond acceptors (Lipinski definition) is 0. The quantitative estimate of drug-likeness (QED) is 0.480. The predicted molar refractivity (Wildman–Crippen MR) is 48.9 cm³/mol. The van der Waals surface area contributed by atoms with Crippen molar-refractivity contribution in [2.75, 3.05) is 27.2 Å². The van der Waals surface area contributed by atoms with Crippen LogP contribution in [-0.2, 0) is 26.2 Å². The summed E-state index contributed by atoms with van der Waals surface area (Å²) in [7, 11) is 3.67. The standard InChI is InChI=1S/2C4H10N.2BrH.Zr/c2*1-3-4-5-2;;;/h2*3-4H2,1-2H3;2*1H;/q2*-1;;;+4/p-2. The summed E-state index contributed by atoms with van der Waals surface area (Å²) in [4.78, 5) is 0. The van der Waals surface area contributed by atoms with Crippen molar-refractivity contribution in [1.29, 1.82) is 0 Å². The van der Waals surface area contributed by atoms with E-state index in [1.165, 1.54) is 12.8 Å². The third kappa shape index (κ3) is 57.3. The van der Waals surface area contributed by atoms with Crippen LogP contribution in [0.3, 0.4) is 0 Å². The van der Waals surface area contributed by atoms with Crippen molar-refractivity contribution in [2.24, 2.45) is 0 Å². The first kappa shape index (κ1) is 29.3. The van der Waals surface area contributed by atoms with Gasteiger partial charge in [0.2, 0.25) is 0 Å². The summed E-state index contributed by atoms with van der Waals surface area (Å²) in [6.07, 6.45) is 2.35. The zero-order valence-electron chi connectivity index (χ0n) is 8.98. The van der Waals surface area contributed by atoms with Crippen molar-refractivity contribution in [3.8, 4) is 0 Å². The molecule has 13 heavy (non-hydrogen) atoms. The smallest absolute Gasteiger partial charge is 1.00 e. The van der Waals surface area contributed by atoms with E-state index in [0.717, 1.165) is 13.1 Å². The Morgan fingerprint density at radius 1 is 0.769 bits per heavy atom. The molecule has 0 amide bonds. The third-order valence-electron chi connectivity index (χ3n) is 0.894. The molecule has 0 N–H and O–H groups in total. The Hall–Kier alpha value is 1.76. The second kappa shape index (κ2) is 37.2. The van der Waals surface area contributed by atoms with Crippen LogP contribution >= 0.6 is 0 Å². The minimum Gasteiger partial charge on any atom is -1.00 e. The Labute approximate surface area is 124 Å². The van der Waals surface area contributed by atoms with Crippen molar-refractivity contribution in [3.05, 3.63) is 10.6 Å². The predicted octanol–water partition coefficient (Wildman–Crippen LogP) is -3.19. The molecule has 0 aliphatic carbocycles. The Bertz CT molecular complexity index is 41.1. The maximum atomic E-state index is 3.85. The average molecular weight is 395 g/mol. The topological polar surface area (TPSA) is 28.2 Å². The summed E-state index contributed by atoms with van der Waals surface area (Å²) in [6.45, 7) is 6.26. The molecular weight excluding hydrogens is 375 g/mol. The van der Waals surface area contributed by atoms with Gasteiger partial charge in [-0.1, -0.05) is 26.7 Å². The molecule has 5 heteroatoms. The second-order valence-corrected chi connectivity index (χ2v) is 2.08. The van der Waals surface area contributed by atoms with Gasteiger partial charge in [0.25, 0.3) is 0 Å². The summed E-state index contributed by atoms with van der Waals surface area (Å²) < 4.78 is 0. The molecule has 2 nitrogen and oxygen atoms in total. The summed E-state index contributed by atoms with van der Waals surface area (Å²) in [5.74, 6) is 0. The molecule has 0 rings (SSSR count). The molecule has 0 heterocycles. The van der Waals surface area contributed by atoms with E-state index in [0.29, 0.717) is 0 Å². The van der Waals surface area contributed by atoms with Gasteiger partial charge in [-0.3, -0.25) is 0 Å². The van der Waals surface area contributed by atoms with E-state index in [4.69, 9.17) is 0 Å². The van der Waals surface area contributed by atoms with E-state index in [1.807, 2.05) is 14.1 Å². The van der Waals surface area contributed by atoms with Gasteiger partial charge in [-0.15, -0.1) is 13.1 Å². The zero-order valence-corrected chi connectivity index (χ0v) is 14.6.